The molecule has 2 aliphatic rings. The zero-order chi connectivity index (χ0) is 26.0. The van der Waals surface area contributed by atoms with Crippen molar-refractivity contribution in [1.82, 2.24) is 4.90 Å². The van der Waals surface area contributed by atoms with E-state index in [0.717, 1.165) is 47.9 Å². The predicted molar refractivity (Wildman–Crippen MR) is 135 cm³/mol. The van der Waals surface area contributed by atoms with Crippen LogP contribution < -0.4 is 5.32 Å². The normalized spacial score (nSPS) is 21.4. The Hall–Kier alpha value is -2.56. The zero-order valence-electron chi connectivity index (χ0n) is 19.7. The van der Waals surface area contributed by atoms with Gasteiger partial charge in [-0.3, -0.25) is 14.5 Å². The molecule has 11 heteroatoms. The van der Waals surface area contributed by atoms with Crippen molar-refractivity contribution < 1.29 is 27.5 Å². The second-order valence-electron chi connectivity index (χ2n) is 8.77. The number of alkyl halides is 3. The summed E-state index contributed by atoms with van der Waals surface area (Å²) < 4.78 is 44.9. The third-order valence-corrected chi connectivity index (χ3v) is 7.52. The summed E-state index contributed by atoms with van der Waals surface area (Å²) in [6.45, 7) is 4.82. The largest absolute Gasteiger partial charge is 0.416 e. The van der Waals surface area contributed by atoms with E-state index in [-0.39, 0.29) is 29.1 Å². The van der Waals surface area contributed by atoms with Gasteiger partial charge in [0.2, 0.25) is 11.8 Å². The van der Waals surface area contributed by atoms with Crippen LogP contribution in [-0.4, -0.2) is 46.4 Å². The molecular weight excluding hydrogens is 515 g/mol. The number of nitrogens with one attached hydrogen (secondary N) is 1. The topological polar surface area (TPSA) is 71.0 Å². The van der Waals surface area contributed by atoms with Gasteiger partial charge in [-0.15, -0.1) is 0 Å². The van der Waals surface area contributed by atoms with E-state index in [1.165, 1.54) is 11.8 Å². The van der Waals surface area contributed by atoms with Crippen molar-refractivity contribution in [2.75, 3.05) is 18.5 Å². The van der Waals surface area contributed by atoms with Gasteiger partial charge in [0.05, 0.1) is 34.6 Å². The van der Waals surface area contributed by atoms with Crippen molar-refractivity contribution in [2.45, 2.75) is 50.6 Å². The van der Waals surface area contributed by atoms with Gasteiger partial charge in [-0.2, -0.15) is 13.2 Å². The first-order chi connectivity index (χ1) is 17.0. The van der Waals surface area contributed by atoms with Crippen LogP contribution in [0.5, 0.6) is 0 Å². The van der Waals surface area contributed by atoms with Gasteiger partial charge >= 0.3 is 6.18 Å². The van der Waals surface area contributed by atoms with Gasteiger partial charge in [0.1, 0.15) is 5.25 Å². The second kappa shape index (κ2) is 10.8. The number of ether oxygens (including phenoxy) is 1. The molecule has 2 aliphatic heterocycles. The lowest BCUT2D eigenvalue weighted by Crippen LogP contribution is -2.38. The van der Waals surface area contributed by atoms with Crippen LogP contribution in [-0.2, 0) is 20.5 Å². The Labute approximate surface area is 216 Å². The van der Waals surface area contributed by atoms with Crippen LogP contribution in [0.4, 0.5) is 24.5 Å². The number of aliphatic imine (C=N–C) groups is 1. The Kier molecular flexibility index (Phi) is 7.96. The highest BCUT2D eigenvalue weighted by Crippen LogP contribution is 2.36. The monoisotopic (exact) mass is 539 g/mol. The van der Waals surface area contributed by atoms with Gasteiger partial charge in [0, 0.05) is 13.0 Å². The lowest BCUT2D eigenvalue weighted by Gasteiger charge is -2.20. The summed E-state index contributed by atoms with van der Waals surface area (Å²) in [4.78, 5) is 32.4. The van der Waals surface area contributed by atoms with Gasteiger partial charge < -0.3 is 10.1 Å². The minimum absolute atomic E-state index is 0.0287. The number of carbonyl (C=O) groups excluding carboxylic acids is 2. The maximum absolute atomic E-state index is 13.3. The fraction of sp³-hybridized carbons (Fsp3) is 0.400. The van der Waals surface area contributed by atoms with Crippen LogP contribution >= 0.6 is 23.4 Å². The second-order valence-corrected chi connectivity index (χ2v) is 10.3. The summed E-state index contributed by atoms with van der Waals surface area (Å²) in [7, 11) is 0. The molecule has 36 heavy (non-hydrogen) atoms. The maximum Gasteiger partial charge on any atom is 0.416 e. The summed E-state index contributed by atoms with van der Waals surface area (Å²) in [6.07, 6.45) is -3.21. The Morgan fingerprint density at radius 1 is 1.25 bits per heavy atom. The fourth-order valence-electron chi connectivity index (χ4n) is 4.13. The first-order valence-corrected chi connectivity index (χ1v) is 12.7. The van der Waals surface area contributed by atoms with E-state index in [9.17, 15) is 22.8 Å². The molecule has 4 rings (SSSR count). The number of halogens is 4. The molecule has 0 aromatic heterocycles. The standard InChI is InChI=1S/C25H25ClF3N3O3S/c1-14-5-3-6-15(2)22(14)31-24-32(13-17-7-4-10-35-17)23(34)20(36-24)12-21(33)30-19-11-16(25(27,28)29)8-9-18(19)26/h3,5-6,8-9,11,17,20H,4,7,10,12-13H2,1-2H3,(H,30,33)/t17-,20-/m0/s1. The van der Waals surface area contributed by atoms with Crippen LogP contribution in [0.25, 0.3) is 0 Å². The van der Waals surface area contributed by atoms with E-state index in [2.05, 4.69) is 5.32 Å². The average Bonchev–Trinajstić information content (AvgIpc) is 3.41. The molecule has 0 spiro atoms. The van der Waals surface area contributed by atoms with Crippen molar-refractivity contribution in [1.29, 1.82) is 0 Å². The molecule has 2 fully saturated rings. The highest BCUT2D eigenvalue weighted by atomic mass is 35.5. The molecule has 0 bridgehead atoms. The third-order valence-electron chi connectivity index (χ3n) is 6.02. The van der Waals surface area contributed by atoms with Gasteiger partial charge in [-0.05, 0) is 56.0 Å². The minimum atomic E-state index is -4.58. The van der Waals surface area contributed by atoms with Gasteiger partial charge in [0.15, 0.2) is 5.17 Å². The Morgan fingerprint density at radius 2 is 1.97 bits per heavy atom. The molecule has 0 aliphatic carbocycles. The molecule has 2 amide bonds. The summed E-state index contributed by atoms with van der Waals surface area (Å²) in [6, 6.07) is 8.49. The summed E-state index contributed by atoms with van der Waals surface area (Å²) in [5.74, 6) is -0.904. The van der Waals surface area contributed by atoms with E-state index >= 15 is 0 Å². The van der Waals surface area contributed by atoms with Crippen LogP contribution in [0.1, 0.15) is 36.0 Å². The van der Waals surface area contributed by atoms with Crippen molar-refractivity contribution in [3.8, 4) is 0 Å². The third kappa shape index (κ3) is 6.04. The number of hydrogen-bond donors (Lipinski definition) is 1. The van der Waals surface area contributed by atoms with Crippen molar-refractivity contribution in [2.24, 2.45) is 4.99 Å². The number of hydrogen-bond acceptors (Lipinski definition) is 5. The Morgan fingerprint density at radius 3 is 2.61 bits per heavy atom. The van der Waals surface area contributed by atoms with E-state index in [4.69, 9.17) is 21.3 Å². The Balaban J connectivity index is 1.54. The molecule has 0 radical (unpaired) electrons. The Bertz CT molecular complexity index is 1180. The first-order valence-electron chi connectivity index (χ1n) is 11.4. The summed E-state index contributed by atoms with van der Waals surface area (Å²) in [5.41, 5.74) is 1.57. The number of para-hydroxylation sites is 1. The number of benzene rings is 2. The lowest BCUT2D eigenvalue weighted by atomic mass is 10.1. The van der Waals surface area contributed by atoms with Gasteiger partial charge in [-0.1, -0.05) is 41.6 Å². The molecule has 2 saturated heterocycles. The SMILES string of the molecule is Cc1cccc(C)c1N=C1S[C@@H](CC(=O)Nc2cc(C(F)(F)F)ccc2Cl)C(=O)N1C[C@@H]1CCCO1. The number of rotatable bonds is 6. The van der Waals surface area contributed by atoms with Crippen molar-refractivity contribution in [3.63, 3.8) is 0 Å². The number of amidine groups is 1. The zero-order valence-corrected chi connectivity index (χ0v) is 21.3. The maximum atomic E-state index is 13.3. The van der Waals surface area contributed by atoms with Gasteiger partial charge in [0.25, 0.3) is 0 Å². The average molecular weight is 540 g/mol. The molecule has 2 aromatic carbocycles. The molecular formula is C25H25ClF3N3O3S. The van der Waals surface area contributed by atoms with Crippen LogP contribution in [0.3, 0.4) is 0 Å². The first kappa shape index (κ1) is 26.5. The molecule has 192 valence electrons. The smallest absolute Gasteiger partial charge is 0.376 e. The molecule has 0 saturated carbocycles. The lowest BCUT2D eigenvalue weighted by molar-refractivity contribution is -0.137. The number of nitrogens with zero attached hydrogens (tertiary/aromatic N) is 2. The minimum Gasteiger partial charge on any atom is -0.376 e. The molecule has 1 N–H and O–H groups in total. The van der Waals surface area contributed by atoms with Crippen LogP contribution in [0.15, 0.2) is 41.4 Å². The van der Waals surface area contributed by atoms with Gasteiger partial charge in [-0.25, -0.2) is 4.99 Å². The van der Waals surface area contributed by atoms with Crippen molar-refractivity contribution in [3.05, 3.63) is 58.1 Å². The number of thioether (sulfide) groups is 1. The summed E-state index contributed by atoms with van der Waals surface area (Å²) >= 11 is 7.17. The molecule has 0 unspecified atom stereocenters. The van der Waals surface area contributed by atoms with E-state index in [1.54, 1.807) is 4.90 Å². The fourth-order valence-corrected chi connectivity index (χ4v) is 5.45. The molecule has 6 nitrogen and oxygen atoms in total. The van der Waals surface area contributed by atoms with E-state index in [1.807, 2.05) is 32.0 Å². The molecule has 2 aromatic rings. The number of amides is 2. The van der Waals surface area contributed by atoms with Crippen LogP contribution in [0.2, 0.25) is 5.02 Å². The van der Waals surface area contributed by atoms with Crippen LogP contribution in [0, 0.1) is 13.8 Å². The highest BCUT2D eigenvalue weighted by Gasteiger charge is 2.41. The number of anilines is 1. The number of aryl methyl sites for hydroxylation is 2. The quantitative estimate of drug-likeness (QED) is 0.480. The number of carbonyl (C=O) groups is 2. The van der Waals surface area contributed by atoms with E-state index < -0.39 is 22.9 Å². The highest BCUT2D eigenvalue weighted by molar-refractivity contribution is 8.15. The molecule has 2 atom stereocenters. The van der Waals surface area contributed by atoms with E-state index in [0.29, 0.717) is 18.3 Å². The summed E-state index contributed by atoms with van der Waals surface area (Å²) in [5, 5.41) is 2.09. The molecule has 2 heterocycles. The van der Waals surface area contributed by atoms with Crippen molar-refractivity contribution >= 4 is 51.7 Å². The predicted octanol–water partition coefficient (Wildman–Crippen LogP) is 6.11.